The second-order valence-electron chi connectivity index (χ2n) is 8.98. The van der Waals surface area contributed by atoms with Crippen LogP contribution in [0.15, 0.2) is 91.1 Å². The highest BCUT2D eigenvalue weighted by Gasteiger charge is 2.13. The lowest BCUT2D eigenvalue weighted by molar-refractivity contribution is -0.138. The predicted octanol–water partition coefficient (Wildman–Crippen LogP) is 6.32. The Hall–Kier alpha value is -4.78. The zero-order valence-corrected chi connectivity index (χ0v) is 21.5. The van der Waals surface area contributed by atoms with Gasteiger partial charge in [-0.2, -0.15) is 0 Å². The van der Waals surface area contributed by atoms with Crippen LogP contribution in [0, 0.1) is 0 Å². The Morgan fingerprint density at radius 3 is 2.13 bits per heavy atom. The van der Waals surface area contributed by atoms with Crippen LogP contribution in [0.25, 0.3) is 23.1 Å². The molecule has 2 N–H and O–H groups in total. The average molecular weight is 526 g/mol. The molecular formula is C32H31NO6. The summed E-state index contributed by atoms with van der Waals surface area (Å²) >= 11 is 0. The van der Waals surface area contributed by atoms with Gasteiger partial charge in [0.1, 0.15) is 31.3 Å². The number of hydrogen-bond acceptors (Lipinski definition) is 4. The Morgan fingerprint density at radius 2 is 1.46 bits per heavy atom. The van der Waals surface area contributed by atoms with Crippen molar-refractivity contribution in [3.8, 4) is 11.5 Å². The molecule has 0 aliphatic rings. The van der Waals surface area contributed by atoms with E-state index in [0.29, 0.717) is 26.1 Å². The lowest BCUT2D eigenvalue weighted by Crippen LogP contribution is -2.07. The van der Waals surface area contributed by atoms with E-state index < -0.39 is 11.9 Å². The van der Waals surface area contributed by atoms with Crippen LogP contribution in [0.2, 0.25) is 0 Å². The highest BCUT2D eigenvalue weighted by atomic mass is 16.5. The first-order valence-corrected chi connectivity index (χ1v) is 12.8. The monoisotopic (exact) mass is 525 g/mol. The van der Waals surface area contributed by atoms with Crippen molar-refractivity contribution in [1.82, 2.24) is 4.57 Å². The van der Waals surface area contributed by atoms with Gasteiger partial charge in [0.05, 0.1) is 5.52 Å². The van der Waals surface area contributed by atoms with Crippen LogP contribution in [0.4, 0.5) is 0 Å². The number of aryl methyl sites for hydroxylation is 1. The van der Waals surface area contributed by atoms with Crippen molar-refractivity contribution in [3.05, 3.63) is 108 Å². The summed E-state index contributed by atoms with van der Waals surface area (Å²) in [5, 5.41) is 19.3. The number of aromatic nitrogens is 1. The molecule has 0 unspecified atom stereocenters. The van der Waals surface area contributed by atoms with Gasteiger partial charge < -0.3 is 24.3 Å². The van der Waals surface area contributed by atoms with E-state index in [9.17, 15) is 14.7 Å². The number of rotatable bonds is 14. The summed E-state index contributed by atoms with van der Waals surface area (Å²) in [4.78, 5) is 22.4. The van der Waals surface area contributed by atoms with Crippen molar-refractivity contribution >= 4 is 35.0 Å². The van der Waals surface area contributed by atoms with Gasteiger partial charge in [-0.05, 0) is 65.9 Å². The second kappa shape index (κ2) is 13.7. The molecule has 3 aromatic carbocycles. The molecule has 7 nitrogen and oxygen atoms in total. The molecule has 0 radical (unpaired) electrons. The Bertz CT molecular complexity index is 1450. The Balaban J connectivity index is 1.39. The Labute approximate surface area is 227 Å². The van der Waals surface area contributed by atoms with Crippen molar-refractivity contribution < 1.29 is 29.3 Å². The summed E-state index contributed by atoms with van der Waals surface area (Å²) in [7, 11) is 0. The van der Waals surface area contributed by atoms with Crippen LogP contribution in [0.3, 0.4) is 0 Å². The van der Waals surface area contributed by atoms with Crippen molar-refractivity contribution in [2.24, 2.45) is 0 Å². The summed E-state index contributed by atoms with van der Waals surface area (Å²) < 4.78 is 13.1. The topological polar surface area (TPSA) is 98.0 Å². The van der Waals surface area contributed by atoms with E-state index in [4.69, 9.17) is 14.6 Å². The Kier molecular flexibility index (Phi) is 9.56. The van der Waals surface area contributed by atoms with E-state index in [1.807, 2.05) is 103 Å². The zero-order chi connectivity index (χ0) is 27.5. The second-order valence-corrected chi connectivity index (χ2v) is 8.98. The van der Waals surface area contributed by atoms with E-state index in [1.54, 1.807) is 4.57 Å². The van der Waals surface area contributed by atoms with Crippen LogP contribution >= 0.6 is 0 Å². The van der Waals surface area contributed by atoms with Gasteiger partial charge in [-0.3, -0.25) is 9.59 Å². The molecule has 0 atom stereocenters. The summed E-state index contributed by atoms with van der Waals surface area (Å²) in [6.07, 6.45) is 10.7. The minimum absolute atomic E-state index is 0.0733. The van der Waals surface area contributed by atoms with Gasteiger partial charge in [0.2, 0.25) is 0 Å². The Morgan fingerprint density at radius 1 is 0.769 bits per heavy atom. The van der Waals surface area contributed by atoms with E-state index in [2.05, 4.69) is 0 Å². The van der Waals surface area contributed by atoms with Gasteiger partial charge in [-0.25, -0.2) is 0 Å². The van der Waals surface area contributed by atoms with Gasteiger partial charge in [0.15, 0.2) is 0 Å². The fourth-order valence-corrected chi connectivity index (χ4v) is 4.30. The number of carboxylic acids is 2. The normalized spacial score (nSPS) is 11.4. The quantitative estimate of drug-likeness (QED) is 0.148. The molecule has 39 heavy (non-hydrogen) atoms. The maximum Gasteiger partial charge on any atom is 0.323 e. The third-order valence-corrected chi connectivity index (χ3v) is 6.09. The third kappa shape index (κ3) is 8.10. The molecule has 0 aliphatic carbocycles. The number of carbonyl (C=O) groups is 2. The van der Waals surface area contributed by atoms with Crippen molar-refractivity contribution in [3.63, 3.8) is 0 Å². The molecule has 4 aromatic rings. The molecule has 7 heteroatoms. The number of benzene rings is 3. The summed E-state index contributed by atoms with van der Waals surface area (Å²) in [6, 6.07) is 23.2. The highest BCUT2D eigenvalue weighted by Crippen LogP contribution is 2.28. The lowest BCUT2D eigenvalue weighted by Gasteiger charge is -2.06. The van der Waals surface area contributed by atoms with Gasteiger partial charge >= 0.3 is 11.9 Å². The molecule has 1 aromatic heterocycles. The van der Waals surface area contributed by atoms with Crippen LogP contribution in [0.1, 0.15) is 29.5 Å². The van der Waals surface area contributed by atoms with Gasteiger partial charge in [0.25, 0.3) is 0 Å². The van der Waals surface area contributed by atoms with E-state index >= 15 is 0 Å². The van der Waals surface area contributed by atoms with Crippen LogP contribution in [0.5, 0.6) is 11.5 Å². The average Bonchev–Trinajstić information content (AvgIpc) is 3.27. The molecule has 0 fully saturated rings. The molecule has 0 bridgehead atoms. The third-order valence-electron chi connectivity index (χ3n) is 6.09. The maximum absolute atomic E-state index is 11.5. The minimum Gasteiger partial charge on any atom is -0.490 e. The number of hydrogen-bond donors (Lipinski definition) is 2. The number of fused-ring (bicyclic) bond motifs is 1. The van der Waals surface area contributed by atoms with Crippen molar-refractivity contribution in [1.29, 1.82) is 0 Å². The van der Waals surface area contributed by atoms with Gasteiger partial charge in [-0.15, -0.1) is 0 Å². The number of nitrogens with zero attached hydrogens (tertiary/aromatic N) is 1. The van der Waals surface area contributed by atoms with E-state index in [0.717, 1.165) is 39.1 Å². The van der Waals surface area contributed by atoms with Gasteiger partial charge in [-0.1, -0.05) is 60.7 Å². The largest absolute Gasteiger partial charge is 0.490 e. The molecule has 0 saturated heterocycles. The molecule has 0 amide bonds. The molecular weight excluding hydrogens is 494 g/mol. The zero-order valence-electron chi connectivity index (χ0n) is 21.5. The van der Waals surface area contributed by atoms with Crippen LogP contribution < -0.4 is 9.47 Å². The number of carboxylic acid groups (broad SMARTS) is 2. The lowest BCUT2D eigenvalue weighted by atomic mass is 10.0. The SMILES string of the molecule is O=C(O)CCCc1cn(CC(=O)O)c2c(/C=C/c3ccc(OC/C=C\COc4ccccc4)cc3)cccc12. The standard InChI is InChI=1S/C32H31NO6/c34-30(35)13-7-9-26-22-33(23-31(36)37)32-25(8-6-12-29(26)32)17-14-24-15-18-28(19-16-24)39-21-5-4-20-38-27-10-2-1-3-11-27/h1-6,8,10-12,14-19,22H,7,9,13,20-21,23H2,(H,34,35)(H,36,37)/b5-4-,17-14+. The first-order chi connectivity index (χ1) is 19.0. The molecule has 0 saturated carbocycles. The van der Waals surface area contributed by atoms with Gasteiger partial charge in [0, 0.05) is 18.0 Å². The van der Waals surface area contributed by atoms with E-state index in [1.165, 1.54) is 0 Å². The fraction of sp³-hybridized carbons (Fsp3) is 0.188. The van der Waals surface area contributed by atoms with E-state index in [-0.39, 0.29) is 13.0 Å². The first-order valence-electron chi connectivity index (χ1n) is 12.8. The minimum atomic E-state index is -0.933. The highest BCUT2D eigenvalue weighted by molar-refractivity contribution is 5.94. The number of aliphatic carboxylic acids is 2. The molecule has 0 aliphatic heterocycles. The molecule has 0 spiro atoms. The molecule has 4 rings (SSSR count). The summed E-state index contributed by atoms with van der Waals surface area (Å²) in [5.41, 5.74) is 3.64. The number of ether oxygens (including phenoxy) is 2. The van der Waals surface area contributed by atoms with Crippen molar-refractivity contribution in [2.45, 2.75) is 25.8 Å². The van der Waals surface area contributed by atoms with Crippen LogP contribution in [-0.4, -0.2) is 39.9 Å². The summed E-state index contributed by atoms with van der Waals surface area (Å²) in [5.74, 6) is -0.190. The molecule has 1 heterocycles. The molecule has 200 valence electrons. The van der Waals surface area contributed by atoms with Crippen LogP contribution in [-0.2, 0) is 22.6 Å². The predicted molar refractivity (Wildman–Crippen MR) is 152 cm³/mol. The summed E-state index contributed by atoms with van der Waals surface area (Å²) in [6.45, 7) is 0.743. The first kappa shape index (κ1) is 27.3. The smallest absolute Gasteiger partial charge is 0.323 e. The fourth-order valence-electron chi connectivity index (χ4n) is 4.30. The maximum atomic E-state index is 11.5. The number of para-hydroxylation sites is 2. The van der Waals surface area contributed by atoms with Crippen molar-refractivity contribution in [2.75, 3.05) is 13.2 Å².